The molecule has 6 nitrogen and oxygen atoms in total. The lowest BCUT2D eigenvalue weighted by atomic mass is 9.94. The third-order valence-electron chi connectivity index (χ3n) is 5.03. The lowest BCUT2D eigenvalue weighted by Crippen LogP contribution is -2.24. The molecule has 3 heterocycles. The van der Waals surface area contributed by atoms with Gasteiger partial charge in [0.25, 0.3) is 5.56 Å². The maximum Gasteiger partial charge on any atom is 0.341 e. The predicted molar refractivity (Wildman–Crippen MR) is 99.7 cm³/mol. The molecule has 1 saturated carbocycles. The summed E-state index contributed by atoms with van der Waals surface area (Å²) >= 11 is 0. The van der Waals surface area contributed by atoms with Crippen molar-refractivity contribution in [2.75, 3.05) is 5.73 Å². The van der Waals surface area contributed by atoms with Gasteiger partial charge in [0, 0.05) is 18.0 Å². The number of aromatic nitrogens is 2. The van der Waals surface area contributed by atoms with E-state index in [9.17, 15) is 14.7 Å². The third-order valence-corrected chi connectivity index (χ3v) is 5.03. The van der Waals surface area contributed by atoms with Crippen LogP contribution < -0.4 is 11.3 Å². The van der Waals surface area contributed by atoms with Crippen molar-refractivity contribution in [3.8, 4) is 11.1 Å². The predicted octanol–water partition coefficient (Wildman–Crippen LogP) is 3.14. The smallest absolute Gasteiger partial charge is 0.341 e. The molecule has 132 valence electrons. The maximum absolute atomic E-state index is 12.7. The molecule has 3 aromatic rings. The third kappa shape index (κ3) is 2.45. The number of nitrogen functional groups attached to an aromatic ring is 1. The highest BCUT2D eigenvalue weighted by Crippen LogP contribution is 2.43. The summed E-state index contributed by atoms with van der Waals surface area (Å²) in [5.74, 6) is -0.429. The van der Waals surface area contributed by atoms with Gasteiger partial charge in [-0.2, -0.15) is 0 Å². The van der Waals surface area contributed by atoms with Crippen LogP contribution >= 0.6 is 0 Å². The molecule has 26 heavy (non-hydrogen) atoms. The molecule has 1 aliphatic rings. The molecule has 1 fully saturated rings. The Hall–Kier alpha value is -3.15. The number of rotatable bonds is 3. The minimum atomic E-state index is -1.19. The summed E-state index contributed by atoms with van der Waals surface area (Å²) in [6, 6.07) is 5.22. The summed E-state index contributed by atoms with van der Waals surface area (Å²) < 4.78 is 1.50. The van der Waals surface area contributed by atoms with Gasteiger partial charge in [0.2, 0.25) is 0 Å². The Morgan fingerprint density at radius 2 is 2.04 bits per heavy atom. The number of pyridine rings is 3. The second kappa shape index (κ2) is 5.69. The van der Waals surface area contributed by atoms with E-state index in [4.69, 9.17) is 5.73 Å². The highest BCUT2D eigenvalue weighted by molar-refractivity contribution is 5.89. The van der Waals surface area contributed by atoms with Crippen molar-refractivity contribution < 1.29 is 9.90 Å². The van der Waals surface area contributed by atoms with Crippen LogP contribution in [0.5, 0.6) is 0 Å². The zero-order valence-corrected chi connectivity index (χ0v) is 14.6. The van der Waals surface area contributed by atoms with E-state index in [0.29, 0.717) is 11.7 Å². The van der Waals surface area contributed by atoms with Crippen molar-refractivity contribution in [3.63, 3.8) is 0 Å². The van der Waals surface area contributed by atoms with Crippen LogP contribution in [0.25, 0.3) is 16.6 Å². The van der Waals surface area contributed by atoms with Crippen LogP contribution in [0.15, 0.2) is 35.4 Å². The molecule has 0 radical (unpaired) electrons. The van der Waals surface area contributed by atoms with E-state index in [1.165, 1.54) is 4.40 Å². The zero-order valence-electron chi connectivity index (χ0n) is 14.6. The summed E-state index contributed by atoms with van der Waals surface area (Å²) in [6.45, 7) is 3.88. The van der Waals surface area contributed by atoms with Crippen LogP contribution in [0.4, 0.5) is 5.82 Å². The van der Waals surface area contributed by atoms with Crippen molar-refractivity contribution in [1.29, 1.82) is 0 Å². The number of aromatic carboxylic acids is 1. The van der Waals surface area contributed by atoms with E-state index in [2.05, 4.69) is 4.98 Å². The minimum Gasteiger partial charge on any atom is -0.477 e. The van der Waals surface area contributed by atoms with Crippen molar-refractivity contribution in [2.24, 2.45) is 0 Å². The molecule has 0 amide bonds. The van der Waals surface area contributed by atoms with Crippen molar-refractivity contribution >= 4 is 17.3 Å². The van der Waals surface area contributed by atoms with E-state index >= 15 is 0 Å². The molecule has 0 spiro atoms. The second-order valence-electron chi connectivity index (χ2n) is 6.90. The Morgan fingerprint density at radius 3 is 2.62 bits per heavy atom. The van der Waals surface area contributed by atoms with Crippen LogP contribution in [0.1, 0.15) is 45.8 Å². The fourth-order valence-corrected chi connectivity index (χ4v) is 3.70. The molecule has 1 aliphatic carbocycles. The van der Waals surface area contributed by atoms with Crippen LogP contribution in [-0.2, 0) is 0 Å². The molecule has 0 unspecified atom stereocenters. The fraction of sp³-hybridized carbons (Fsp3) is 0.250. The van der Waals surface area contributed by atoms with Gasteiger partial charge >= 0.3 is 5.97 Å². The number of hydrogen-bond donors (Lipinski definition) is 2. The fourth-order valence-electron chi connectivity index (χ4n) is 3.70. The number of carbonyl (C=O) groups is 1. The standard InChI is InChI=1S/C20H19N3O3/c1-10-9-23-18(11(2)17(10)13-5-6-16(21)22-8-13)14(12-3-4-12)7-15(19(23)24)20(25)26/h5-9,12H,3-4H2,1-2H3,(H2,21,22)(H,25,26). The number of fused-ring (bicyclic) bond motifs is 1. The van der Waals surface area contributed by atoms with Gasteiger partial charge in [-0.25, -0.2) is 9.78 Å². The first-order valence-electron chi connectivity index (χ1n) is 8.53. The topological polar surface area (TPSA) is 97.7 Å². The van der Waals surface area contributed by atoms with E-state index in [1.54, 1.807) is 24.5 Å². The van der Waals surface area contributed by atoms with Gasteiger partial charge in [0.05, 0.1) is 5.52 Å². The molecule has 0 saturated heterocycles. The molecule has 0 bridgehead atoms. The van der Waals surface area contributed by atoms with Crippen molar-refractivity contribution in [1.82, 2.24) is 9.38 Å². The Labute approximate surface area is 149 Å². The van der Waals surface area contributed by atoms with Crippen molar-refractivity contribution in [3.05, 3.63) is 63.2 Å². The average molecular weight is 349 g/mol. The van der Waals surface area contributed by atoms with Crippen LogP contribution in [0, 0.1) is 13.8 Å². The number of hydrogen-bond acceptors (Lipinski definition) is 4. The normalized spacial score (nSPS) is 13.9. The molecule has 6 heteroatoms. The first-order chi connectivity index (χ1) is 12.4. The first kappa shape index (κ1) is 16.3. The van der Waals surface area contributed by atoms with Crippen molar-refractivity contribution in [2.45, 2.75) is 32.6 Å². The van der Waals surface area contributed by atoms with E-state index < -0.39 is 11.5 Å². The second-order valence-corrected chi connectivity index (χ2v) is 6.90. The molecule has 0 aliphatic heterocycles. The summed E-state index contributed by atoms with van der Waals surface area (Å²) in [4.78, 5) is 28.4. The summed E-state index contributed by atoms with van der Waals surface area (Å²) in [7, 11) is 0. The first-order valence-corrected chi connectivity index (χ1v) is 8.53. The molecule has 3 N–H and O–H groups in total. The highest BCUT2D eigenvalue weighted by Gasteiger charge is 2.29. The van der Waals surface area contributed by atoms with Gasteiger partial charge in [-0.15, -0.1) is 0 Å². The number of aryl methyl sites for hydroxylation is 2. The minimum absolute atomic E-state index is 0.176. The SMILES string of the molecule is Cc1cn2c(=O)c(C(=O)O)cc(C3CC3)c2c(C)c1-c1ccc(N)nc1. The number of carboxylic acid groups (broad SMARTS) is 1. The van der Waals surface area contributed by atoms with Gasteiger partial charge in [-0.3, -0.25) is 9.20 Å². The van der Waals surface area contributed by atoms with Crippen LogP contribution in [-0.4, -0.2) is 20.5 Å². The molecule has 4 rings (SSSR count). The van der Waals surface area contributed by atoms with E-state index in [0.717, 1.165) is 46.2 Å². The van der Waals surface area contributed by atoms with E-state index in [1.807, 2.05) is 19.9 Å². The monoisotopic (exact) mass is 349 g/mol. The average Bonchev–Trinajstić information content (AvgIpc) is 3.42. The lowest BCUT2D eigenvalue weighted by Gasteiger charge is -2.17. The maximum atomic E-state index is 12.7. The Kier molecular flexibility index (Phi) is 3.57. The number of nitrogens with two attached hydrogens (primary N) is 1. The molecule has 0 atom stereocenters. The zero-order chi connectivity index (χ0) is 18.6. The van der Waals surface area contributed by atoms with E-state index in [-0.39, 0.29) is 5.56 Å². The highest BCUT2D eigenvalue weighted by atomic mass is 16.4. The van der Waals surface area contributed by atoms with Gasteiger partial charge in [-0.05, 0) is 73.1 Å². The van der Waals surface area contributed by atoms with Crippen LogP contribution in [0.3, 0.4) is 0 Å². The molecule has 3 aromatic heterocycles. The Balaban J connectivity index is 2.10. The number of anilines is 1. The molecular formula is C20H19N3O3. The Bertz CT molecular complexity index is 1110. The largest absolute Gasteiger partial charge is 0.477 e. The number of carboxylic acids is 1. The molecular weight excluding hydrogens is 330 g/mol. The Morgan fingerprint density at radius 1 is 1.31 bits per heavy atom. The quantitative estimate of drug-likeness (QED) is 0.757. The van der Waals surface area contributed by atoms with Gasteiger partial charge in [0.1, 0.15) is 11.4 Å². The van der Waals surface area contributed by atoms with Gasteiger partial charge in [0.15, 0.2) is 0 Å². The lowest BCUT2D eigenvalue weighted by molar-refractivity contribution is 0.0694. The summed E-state index contributed by atoms with van der Waals surface area (Å²) in [5.41, 5.74) is 10.5. The van der Waals surface area contributed by atoms with Gasteiger partial charge in [-0.1, -0.05) is 0 Å². The number of nitrogens with zero attached hydrogens (tertiary/aromatic N) is 2. The summed E-state index contributed by atoms with van der Waals surface area (Å²) in [5, 5.41) is 9.42. The van der Waals surface area contributed by atoms with Gasteiger partial charge < -0.3 is 10.8 Å². The molecule has 0 aromatic carbocycles. The van der Waals surface area contributed by atoms with Crippen LogP contribution in [0.2, 0.25) is 0 Å². The summed E-state index contributed by atoms with van der Waals surface area (Å²) in [6.07, 6.45) is 5.48.